The van der Waals surface area contributed by atoms with Crippen molar-refractivity contribution in [2.45, 2.75) is 26.3 Å². The number of nitrogens with one attached hydrogen (secondary N) is 1. The Labute approximate surface area is 122 Å². The summed E-state index contributed by atoms with van der Waals surface area (Å²) < 4.78 is 5.37. The fourth-order valence-electron chi connectivity index (χ4n) is 2.21. The Kier molecular flexibility index (Phi) is 7.51. The molecule has 1 unspecified atom stereocenters. The van der Waals surface area contributed by atoms with Crippen molar-refractivity contribution >= 4 is 5.69 Å². The summed E-state index contributed by atoms with van der Waals surface area (Å²) in [6.45, 7) is 9.49. The summed E-state index contributed by atoms with van der Waals surface area (Å²) in [7, 11) is 1.75. The highest BCUT2D eigenvalue weighted by atomic mass is 16.5. The Morgan fingerprint density at radius 1 is 1.40 bits per heavy atom. The van der Waals surface area contributed by atoms with E-state index < -0.39 is 0 Å². The van der Waals surface area contributed by atoms with Crippen LogP contribution in [-0.4, -0.2) is 26.3 Å². The van der Waals surface area contributed by atoms with Crippen LogP contribution in [0.1, 0.15) is 20.3 Å². The molecule has 0 radical (unpaired) electrons. The van der Waals surface area contributed by atoms with E-state index in [1.54, 1.807) is 13.3 Å². The van der Waals surface area contributed by atoms with Gasteiger partial charge in [-0.25, -0.2) is 0 Å². The molecule has 0 aliphatic heterocycles. The van der Waals surface area contributed by atoms with E-state index in [1.807, 2.05) is 13.0 Å². The Hall–Kier alpha value is -1.74. The van der Waals surface area contributed by atoms with Crippen molar-refractivity contribution < 1.29 is 4.74 Å². The van der Waals surface area contributed by atoms with Crippen molar-refractivity contribution in [2.24, 2.45) is 0 Å². The van der Waals surface area contributed by atoms with E-state index in [9.17, 15) is 0 Å². The Morgan fingerprint density at radius 3 is 2.60 bits per heavy atom. The topological polar surface area (TPSA) is 24.5 Å². The first kappa shape index (κ1) is 16.3. The minimum atomic E-state index is 0.351. The first-order valence-electron chi connectivity index (χ1n) is 7.10. The van der Waals surface area contributed by atoms with Gasteiger partial charge >= 0.3 is 0 Å². The summed E-state index contributed by atoms with van der Waals surface area (Å²) in [5.41, 5.74) is 2.35. The fraction of sp³-hybridized carbons (Fsp3) is 0.412. The summed E-state index contributed by atoms with van der Waals surface area (Å²) in [6.07, 6.45) is 4.83. The zero-order valence-electron chi connectivity index (χ0n) is 12.8. The van der Waals surface area contributed by atoms with Gasteiger partial charge < -0.3 is 15.0 Å². The number of nitrogens with zero attached hydrogens (tertiary/aromatic N) is 1. The summed E-state index contributed by atoms with van der Waals surface area (Å²) in [5, 5.41) is 3.20. The number of hydrogen-bond acceptors (Lipinski definition) is 3. The molecular formula is C17H26N2O. The van der Waals surface area contributed by atoms with Gasteiger partial charge in [0.2, 0.25) is 0 Å². The first-order chi connectivity index (χ1) is 9.76. The number of benzene rings is 1. The van der Waals surface area contributed by atoms with Gasteiger partial charge in [0.1, 0.15) is 0 Å². The molecule has 0 spiro atoms. The van der Waals surface area contributed by atoms with E-state index in [0.717, 1.165) is 25.3 Å². The SMILES string of the molecule is C=CN/C(=C\C)CN(c1ccccc1)C(CC)COC. The third kappa shape index (κ3) is 4.74. The van der Waals surface area contributed by atoms with Crippen LogP contribution in [-0.2, 0) is 4.74 Å². The standard InChI is InChI=1S/C17H26N2O/c1-5-15(18-7-3)13-19(16(6-2)14-20-4)17-11-9-8-10-12-17/h5,7-12,16,18H,3,6,13-14H2,1-2,4H3/b15-5-. The summed E-state index contributed by atoms with van der Waals surface area (Å²) in [4.78, 5) is 2.37. The van der Waals surface area contributed by atoms with Crippen LogP contribution < -0.4 is 10.2 Å². The minimum Gasteiger partial charge on any atom is -0.383 e. The van der Waals surface area contributed by atoms with Crippen molar-refractivity contribution in [3.63, 3.8) is 0 Å². The Balaban J connectivity index is 2.97. The van der Waals surface area contributed by atoms with E-state index in [0.29, 0.717) is 6.04 Å². The quantitative estimate of drug-likeness (QED) is 0.745. The van der Waals surface area contributed by atoms with Crippen molar-refractivity contribution in [1.29, 1.82) is 0 Å². The second kappa shape index (κ2) is 9.21. The van der Waals surface area contributed by atoms with Crippen LogP contribution in [0.3, 0.4) is 0 Å². The molecule has 0 saturated heterocycles. The predicted octanol–water partition coefficient (Wildman–Crippen LogP) is 3.55. The van der Waals surface area contributed by atoms with Crippen LogP contribution >= 0.6 is 0 Å². The Morgan fingerprint density at radius 2 is 2.10 bits per heavy atom. The highest BCUT2D eigenvalue weighted by molar-refractivity contribution is 5.48. The molecule has 0 fully saturated rings. The molecule has 3 nitrogen and oxygen atoms in total. The van der Waals surface area contributed by atoms with E-state index >= 15 is 0 Å². The maximum Gasteiger partial charge on any atom is 0.0666 e. The normalized spacial score (nSPS) is 12.8. The van der Waals surface area contributed by atoms with Crippen molar-refractivity contribution in [1.82, 2.24) is 5.32 Å². The fourth-order valence-corrected chi connectivity index (χ4v) is 2.21. The zero-order valence-corrected chi connectivity index (χ0v) is 12.8. The molecular weight excluding hydrogens is 248 g/mol. The van der Waals surface area contributed by atoms with E-state index in [4.69, 9.17) is 4.74 Å². The molecule has 1 aromatic carbocycles. The molecule has 3 heteroatoms. The van der Waals surface area contributed by atoms with E-state index in [2.05, 4.69) is 54.1 Å². The molecule has 110 valence electrons. The molecule has 0 aromatic heterocycles. The zero-order chi connectivity index (χ0) is 14.8. The molecule has 0 saturated carbocycles. The number of para-hydroxylation sites is 1. The van der Waals surface area contributed by atoms with Gasteiger partial charge in [-0.2, -0.15) is 0 Å². The molecule has 0 aliphatic carbocycles. The maximum atomic E-state index is 5.37. The van der Waals surface area contributed by atoms with Crippen LogP contribution in [0.25, 0.3) is 0 Å². The average molecular weight is 274 g/mol. The molecule has 0 heterocycles. The Bertz CT molecular complexity index is 414. The second-order valence-corrected chi connectivity index (χ2v) is 4.64. The molecule has 1 rings (SSSR count). The molecule has 1 atom stereocenters. The molecule has 1 aromatic rings. The first-order valence-corrected chi connectivity index (χ1v) is 7.10. The highest BCUT2D eigenvalue weighted by Crippen LogP contribution is 2.19. The van der Waals surface area contributed by atoms with Crippen LogP contribution in [0.4, 0.5) is 5.69 Å². The summed E-state index contributed by atoms with van der Waals surface area (Å²) in [5.74, 6) is 0. The molecule has 0 amide bonds. The van der Waals surface area contributed by atoms with Crippen molar-refractivity contribution in [3.05, 3.63) is 54.9 Å². The van der Waals surface area contributed by atoms with Gasteiger partial charge in [0, 0.05) is 18.5 Å². The maximum absolute atomic E-state index is 5.37. The third-order valence-corrected chi connectivity index (χ3v) is 3.34. The van der Waals surface area contributed by atoms with Crippen molar-refractivity contribution in [2.75, 3.05) is 25.2 Å². The largest absolute Gasteiger partial charge is 0.383 e. The van der Waals surface area contributed by atoms with Gasteiger partial charge in [0.05, 0.1) is 19.2 Å². The monoisotopic (exact) mass is 274 g/mol. The van der Waals surface area contributed by atoms with Gasteiger partial charge in [-0.1, -0.05) is 37.8 Å². The van der Waals surface area contributed by atoms with Crippen LogP contribution in [0.15, 0.2) is 54.9 Å². The highest BCUT2D eigenvalue weighted by Gasteiger charge is 2.18. The third-order valence-electron chi connectivity index (χ3n) is 3.34. The lowest BCUT2D eigenvalue weighted by molar-refractivity contribution is 0.175. The molecule has 1 N–H and O–H groups in total. The van der Waals surface area contributed by atoms with Crippen LogP contribution in [0.5, 0.6) is 0 Å². The number of allylic oxidation sites excluding steroid dienone is 1. The lowest BCUT2D eigenvalue weighted by Crippen LogP contribution is -2.40. The summed E-state index contributed by atoms with van der Waals surface area (Å²) >= 11 is 0. The minimum absolute atomic E-state index is 0.351. The molecule has 0 aliphatic rings. The van der Waals surface area contributed by atoms with E-state index in [-0.39, 0.29) is 0 Å². The van der Waals surface area contributed by atoms with Crippen LogP contribution in [0, 0.1) is 0 Å². The number of anilines is 1. The predicted molar refractivity (Wildman–Crippen MR) is 86.8 cm³/mol. The lowest BCUT2D eigenvalue weighted by atomic mass is 10.1. The van der Waals surface area contributed by atoms with Crippen LogP contribution in [0.2, 0.25) is 0 Å². The lowest BCUT2D eigenvalue weighted by Gasteiger charge is -2.33. The van der Waals surface area contributed by atoms with E-state index in [1.165, 1.54) is 5.69 Å². The second-order valence-electron chi connectivity index (χ2n) is 4.64. The van der Waals surface area contributed by atoms with Crippen molar-refractivity contribution in [3.8, 4) is 0 Å². The molecule has 0 bridgehead atoms. The average Bonchev–Trinajstić information content (AvgIpc) is 2.50. The number of hydrogen-bond donors (Lipinski definition) is 1. The van der Waals surface area contributed by atoms with Gasteiger partial charge in [-0.05, 0) is 31.7 Å². The molecule has 20 heavy (non-hydrogen) atoms. The smallest absolute Gasteiger partial charge is 0.0666 e. The van der Waals surface area contributed by atoms with Gasteiger partial charge in [0.15, 0.2) is 0 Å². The van der Waals surface area contributed by atoms with Gasteiger partial charge in [-0.3, -0.25) is 0 Å². The van der Waals surface area contributed by atoms with Gasteiger partial charge in [0.25, 0.3) is 0 Å². The number of rotatable bonds is 9. The summed E-state index contributed by atoms with van der Waals surface area (Å²) in [6, 6.07) is 10.8. The number of ether oxygens (including phenoxy) is 1. The number of methoxy groups -OCH3 is 1. The van der Waals surface area contributed by atoms with Gasteiger partial charge in [-0.15, -0.1) is 0 Å².